The van der Waals surface area contributed by atoms with Crippen LogP contribution in [0, 0.1) is 0 Å². The lowest BCUT2D eigenvalue weighted by Crippen LogP contribution is -2.35. The molecule has 4 heteroatoms. The van der Waals surface area contributed by atoms with Gasteiger partial charge in [-0.05, 0) is 25.6 Å². The van der Waals surface area contributed by atoms with Gasteiger partial charge < -0.3 is 15.0 Å². The van der Waals surface area contributed by atoms with Crippen molar-refractivity contribution < 1.29 is 9.53 Å². The van der Waals surface area contributed by atoms with Crippen molar-refractivity contribution in [2.75, 3.05) is 25.6 Å². The summed E-state index contributed by atoms with van der Waals surface area (Å²) in [5.74, 6) is 0.789. The third-order valence-corrected chi connectivity index (χ3v) is 2.85. The molecular formula is C14H22N2O2. The molecule has 4 nitrogen and oxygen atoms in total. The van der Waals surface area contributed by atoms with Crippen molar-refractivity contribution in [1.82, 2.24) is 5.32 Å². The van der Waals surface area contributed by atoms with Crippen LogP contribution in [0.4, 0.5) is 5.69 Å². The first kappa shape index (κ1) is 14.5. The molecule has 1 aromatic rings. The van der Waals surface area contributed by atoms with Gasteiger partial charge in [-0.3, -0.25) is 4.79 Å². The van der Waals surface area contributed by atoms with Crippen LogP contribution >= 0.6 is 0 Å². The minimum absolute atomic E-state index is 0.0768. The minimum Gasteiger partial charge on any atom is -0.495 e. The van der Waals surface area contributed by atoms with Crippen LogP contribution in [0.25, 0.3) is 0 Å². The summed E-state index contributed by atoms with van der Waals surface area (Å²) in [6.07, 6.45) is 0.475. The summed E-state index contributed by atoms with van der Waals surface area (Å²) < 4.78 is 5.26. The summed E-state index contributed by atoms with van der Waals surface area (Å²) >= 11 is 0. The average Bonchev–Trinajstić information content (AvgIpc) is 2.38. The molecule has 1 atom stereocenters. The lowest BCUT2D eigenvalue weighted by molar-refractivity contribution is -0.118. The Morgan fingerprint density at radius 2 is 2.11 bits per heavy atom. The highest BCUT2D eigenvalue weighted by atomic mass is 16.5. The first-order chi connectivity index (χ1) is 8.60. The molecule has 0 saturated carbocycles. The molecular weight excluding hydrogens is 228 g/mol. The van der Waals surface area contributed by atoms with E-state index in [1.165, 1.54) is 0 Å². The summed E-state index contributed by atoms with van der Waals surface area (Å²) in [7, 11) is 3.39. The van der Waals surface area contributed by atoms with E-state index >= 15 is 0 Å². The number of carbonyl (C=O) groups is 1. The molecule has 18 heavy (non-hydrogen) atoms. The van der Waals surface area contributed by atoms with Crippen LogP contribution in [0.1, 0.15) is 20.3 Å². The Morgan fingerprint density at radius 1 is 1.44 bits per heavy atom. The van der Waals surface area contributed by atoms with Crippen LogP contribution in [0.5, 0.6) is 5.75 Å². The topological polar surface area (TPSA) is 41.6 Å². The number of rotatable bonds is 6. The van der Waals surface area contributed by atoms with Gasteiger partial charge in [0.15, 0.2) is 0 Å². The molecule has 0 bridgehead atoms. The number of hydrogen-bond donors (Lipinski definition) is 1. The predicted molar refractivity (Wildman–Crippen MR) is 74.2 cm³/mol. The van der Waals surface area contributed by atoms with Crippen molar-refractivity contribution >= 4 is 11.6 Å². The van der Waals surface area contributed by atoms with E-state index in [2.05, 4.69) is 5.32 Å². The second-order valence-electron chi connectivity index (χ2n) is 4.29. The summed E-state index contributed by atoms with van der Waals surface area (Å²) in [5, 5.41) is 3.23. The fourth-order valence-corrected chi connectivity index (χ4v) is 1.86. The zero-order chi connectivity index (χ0) is 13.5. The fraction of sp³-hybridized carbons (Fsp3) is 0.500. The van der Waals surface area contributed by atoms with E-state index in [1.807, 2.05) is 38.1 Å². The van der Waals surface area contributed by atoms with Crippen molar-refractivity contribution in [3.63, 3.8) is 0 Å². The summed E-state index contributed by atoms with van der Waals surface area (Å²) in [6.45, 7) is 4.91. The molecule has 0 aromatic heterocycles. The molecule has 1 rings (SSSR count). The largest absolute Gasteiger partial charge is 0.495 e. The molecule has 0 aliphatic carbocycles. The number of anilines is 1. The van der Waals surface area contributed by atoms with Gasteiger partial charge in [0.25, 0.3) is 0 Å². The lowest BCUT2D eigenvalue weighted by Gasteiger charge is -2.21. The van der Waals surface area contributed by atoms with Crippen LogP contribution in [0.2, 0.25) is 0 Å². The number of benzene rings is 1. The van der Waals surface area contributed by atoms with Gasteiger partial charge in [-0.25, -0.2) is 0 Å². The SMILES string of the molecule is CCNC(C)CC(=O)N(C)c1ccccc1OC. The maximum Gasteiger partial charge on any atom is 0.228 e. The molecule has 0 fully saturated rings. The van der Waals surface area contributed by atoms with Crippen molar-refractivity contribution in [1.29, 1.82) is 0 Å². The number of methoxy groups -OCH3 is 1. The van der Waals surface area contributed by atoms with Crippen molar-refractivity contribution in [2.24, 2.45) is 0 Å². The Balaban J connectivity index is 2.74. The van der Waals surface area contributed by atoms with Gasteiger partial charge in [-0.2, -0.15) is 0 Å². The Morgan fingerprint density at radius 3 is 2.72 bits per heavy atom. The Labute approximate surface area is 109 Å². The second-order valence-corrected chi connectivity index (χ2v) is 4.29. The maximum absolute atomic E-state index is 12.1. The normalized spacial score (nSPS) is 12.0. The zero-order valence-corrected chi connectivity index (χ0v) is 11.6. The maximum atomic E-state index is 12.1. The standard InChI is InChI=1S/C14H22N2O2/c1-5-15-11(2)10-14(17)16(3)12-8-6-7-9-13(12)18-4/h6-9,11,15H,5,10H2,1-4H3. The molecule has 100 valence electrons. The number of amides is 1. The number of nitrogens with one attached hydrogen (secondary N) is 1. The van der Waals surface area contributed by atoms with Crippen LogP contribution in [0.15, 0.2) is 24.3 Å². The number of nitrogens with zero attached hydrogens (tertiary/aromatic N) is 1. The summed E-state index contributed by atoms with van der Waals surface area (Å²) in [6, 6.07) is 7.71. The van der Waals surface area contributed by atoms with Crippen molar-refractivity contribution in [2.45, 2.75) is 26.3 Å². The lowest BCUT2D eigenvalue weighted by atomic mass is 10.2. The van der Waals surface area contributed by atoms with E-state index < -0.39 is 0 Å². The molecule has 1 amide bonds. The van der Waals surface area contributed by atoms with E-state index in [0.717, 1.165) is 12.2 Å². The average molecular weight is 250 g/mol. The Kier molecular flexibility index (Phi) is 5.65. The van der Waals surface area contributed by atoms with Crippen molar-refractivity contribution in [3.8, 4) is 5.75 Å². The smallest absolute Gasteiger partial charge is 0.228 e. The predicted octanol–water partition coefficient (Wildman–Crippen LogP) is 2.05. The highest BCUT2D eigenvalue weighted by Gasteiger charge is 2.16. The number of ether oxygens (including phenoxy) is 1. The summed E-state index contributed by atoms with van der Waals surface area (Å²) in [4.78, 5) is 13.8. The van der Waals surface area contributed by atoms with Gasteiger partial charge in [0.05, 0.1) is 12.8 Å². The van der Waals surface area contributed by atoms with Gasteiger partial charge in [-0.1, -0.05) is 19.1 Å². The van der Waals surface area contributed by atoms with Crippen LogP contribution in [-0.2, 0) is 4.79 Å². The van der Waals surface area contributed by atoms with Crippen molar-refractivity contribution in [3.05, 3.63) is 24.3 Å². The zero-order valence-electron chi connectivity index (χ0n) is 11.6. The molecule has 0 radical (unpaired) electrons. The Hall–Kier alpha value is -1.55. The van der Waals surface area contributed by atoms with Gasteiger partial charge in [0, 0.05) is 19.5 Å². The van der Waals surface area contributed by atoms with Gasteiger partial charge in [0.1, 0.15) is 5.75 Å². The molecule has 0 saturated heterocycles. The Bertz CT molecular complexity index is 393. The highest BCUT2D eigenvalue weighted by molar-refractivity contribution is 5.94. The minimum atomic E-state index is 0.0768. The monoisotopic (exact) mass is 250 g/mol. The molecule has 1 aromatic carbocycles. The van der Waals surface area contributed by atoms with E-state index in [4.69, 9.17) is 4.74 Å². The number of hydrogen-bond acceptors (Lipinski definition) is 3. The van der Waals surface area contributed by atoms with Gasteiger partial charge in [-0.15, -0.1) is 0 Å². The molecule has 1 unspecified atom stereocenters. The van der Waals surface area contributed by atoms with E-state index in [-0.39, 0.29) is 11.9 Å². The van der Waals surface area contributed by atoms with Gasteiger partial charge in [0.2, 0.25) is 5.91 Å². The molecule has 0 aliphatic rings. The highest BCUT2D eigenvalue weighted by Crippen LogP contribution is 2.27. The summed E-state index contributed by atoms with van der Waals surface area (Å²) in [5.41, 5.74) is 0.800. The van der Waals surface area contributed by atoms with E-state index in [9.17, 15) is 4.79 Å². The number of carbonyl (C=O) groups excluding carboxylic acids is 1. The first-order valence-corrected chi connectivity index (χ1v) is 6.23. The quantitative estimate of drug-likeness (QED) is 0.840. The van der Waals surface area contributed by atoms with Gasteiger partial charge >= 0.3 is 0 Å². The van der Waals surface area contributed by atoms with Crippen LogP contribution in [0.3, 0.4) is 0 Å². The molecule has 0 spiro atoms. The van der Waals surface area contributed by atoms with E-state index in [1.54, 1.807) is 19.1 Å². The number of para-hydroxylation sites is 2. The molecule has 1 N–H and O–H groups in total. The van der Waals surface area contributed by atoms with E-state index in [0.29, 0.717) is 12.2 Å². The van der Waals surface area contributed by atoms with Crippen LogP contribution < -0.4 is 15.0 Å². The molecule has 0 aliphatic heterocycles. The third kappa shape index (κ3) is 3.74. The third-order valence-electron chi connectivity index (χ3n) is 2.85. The fourth-order valence-electron chi connectivity index (χ4n) is 1.86. The first-order valence-electron chi connectivity index (χ1n) is 6.23. The molecule has 0 heterocycles. The second kappa shape index (κ2) is 7.01. The van der Waals surface area contributed by atoms with Crippen LogP contribution in [-0.4, -0.2) is 32.7 Å².